The van der Waals surface area contributed by atoms with Gasteiger partial charge in [-0.1, -0.05) is 6.07 Å². The van der Waals surface area contributed by atoms with Crippen LogP contribution in [0, 0.1) is 13.8 Å². The Bertz CT molecular complexity index is 782. The minimum absolute atomic E-state index is 0.0816. The SMILES string of the molecule is CN=Cc1c(C(C)=O)c(C)n(-c2cccc(N3CCC3)c2)c1C. The van der Waals surface area contributed by atoms with Gasteiger partial charge in [-0.2, -0.15) is 0 Å². The lowest BCUT2D eigenvalue weighted by atomic mass is 10.1. The van der Waals surface area contributed by atoms with E-state index in [-0.39, 0.29) is 5.78 Å². The Morgan fingerprint density at radius 1 is 1.17 bits per heavy atom. The third-order valence-corrected chi connectivity index (χ3v) is 4.61. The Kier molecular flexibility index (Phi) is 4.07. The van der Waals surface area contributed by atoms with Gasteiger partial charge in [0, 0.05) is 60.2 Å². The number of carbonyl (C=O) groups excluding carboxylic acids is 1. The first-order valence-electron chi connectivity index (χ1n) is 8.05. The molecule has 1 fully saturated rings. The molecule has 1 aliphatic heterocycles. The van der Waals surface area contributed by atoms with Gasteiger partial charge in [-0.25, -0.2) is 0 Å². The van der Waals surface area contributed by atoms with E-state index < -0.39 is 0 Å². The van der Waals surface area contributed by atoms with Crippen molar-refractivity contribution in [3.8, 4) is 5.69 Å². The second-order valence-electron chi connectivity index (χ2n) is 6.10. The monoisotopic (exact) mass is 309 g/mol. The molecule has 4 nitrogen and oxygen atoms in total. The number of hydrogen-bond acceptors (Lipinski definition) is 3. The summed E-state index contributed by atoms with van der Waals surface area (Å²) in [6, 6.07) is 8.54. The van der Waals surface area contributed by atoms with E-state index in [1.54, 1.807) is 20.2 Å². The maximum atomic E-state index is 12.1. The molecule has 1 aromatic carbocycles. The number of ketones is 1. The fourth-order valence-electron chi connectivity index (χ4n) is 3.38. The highest BCUT2D eigenvalue weighted by Gasteiger charge is 2.21. The highest BCUT2D eigenvalue weighted by atomic mass is 16.1. The molecule has 0 radical (unpaired) electrons. The van der Waals surface area contributed by atoms with Crippen LogP contribution in [0.4, 0.5) is 5.69 Å². The van der Waals surface area contributed by atoms with E-state index in [2.05, 4.69) is 38.7 Å². The van der Waals surface area contributed by atoms with Crippen LogP contribution in [0.25, 0.3) is 5.69 Å². The first kappa shape index (κ1) is 15.5. The van der Waals surface area contributed by atoms with Crippen LogP contribution in [0.5, 0.6) is 0 Å². The minimum Gasteiger partial charge on any atom is -0.371 e. The van der Waals surface area contributed by atoms with Crippen LogP contribution in [0.3, 0.4) is 0 Å². The van der Waals surface area contributed by atoms with Crippen molar-refractivity contribution in [1.29, 1.82) is 0 Å². The Morgan fingerprint density at radius 2 is 1.87 bits per heavy atom. The second-order valence-corrected chi connectivity index (χ2v) is 6.10. The van der Waals surface area contributed by atoms with Crippen molar-refractivity contribution in [2.75, 3.05) is 25.0 Å². The summed E-state index contributed by atoms with van der Waals surface area (Å²) in [7, 11) is 1.74. The van der Waals surface area contributed by atoms with Crippen LogP contribution >= 0.6 is 0 Å². The summed E-state index contributed by atoms with van der Waals surface area (Å²) in [5, 5.41) is 0. The summed E-state index contributed by atoms with van der Waals surface area (Å²) >= 11 is 0. The Balaban J connectivity index is 2.16. The quantitative estimate of drug-likeness (QED) is 0.640. The molecular weight excluding hydrogens is 286 g/mol. The van der Waals surface area contributed by atoms with Gasteiger partial charge in [0.2, 0.25) is 0 Å². The van der Waals surface area contributed by atoms with Gasteiger partial charge >= 0.3 is 0 Å². The molecule has 1 saturated heterocycles. The lowest BCUT2D eigenvalue weighted by molar-refractivity contribution is 0.101. The van der Waals surface area contributed by atoms with E-state index in [1.807, 2.05) is 13.8 Å². The number of aromatic nitrogens is 1. The zero-order valence-electron chi connectivity index (χ0n) is 14.3. The number of rotatable bonds is 4. The Hall–Kier alpha value is -2.36. The number of Topliss-reactive ketones (excluding diaryl/α,β-unsaturated/α-hetero) is 1. The number of aliphatic imine (C=N–C) groups is 1. The smallest absolute Gasteiger partial charge is 0.162 e. The van der Waals surface area contributed by atoms with Crippen molar-refractivity contribution in [3.63, 3.8) is 0 Å². The first-order chi connectivity index (χ1) is 11.0. The zero-order chi connectivity index (χ0) is 16.6. The lowest BCUT2D eigenvalue weighted by Crippen LogP contribution is -2.36. The van der Waals surface area contributed by atoms with E-state index in [0.29, 0.717) is 0 Å². The highest BCUT2D eigenvalue weighted by Crippen LogP contribution is 2.29. The minimum atomic E-state index is 0.0816. The van der Waals surface area contributed by atoms with Crippen LogP contribution in [-0.2, 0) is 0 Å². The molecule has 0 saturated carbocycles. The maximum absolute atomic E-state index is 12.1. The van der Waals surface area contributed by atoms with Gasteiger partial charge in [-0.15, -0.1) is 0 Å². The summed E-state index contributed by atoms with van der Waals surface area (Å²) in [4.78, 5) is 18.6. The standard InChI is InChI=1S/C19H23N3O/c1-13-18(12-20-4)19(15(3)23)14(2)22(13)17-8-5-7-16(11-17)21-9-6-10-21/h5,7-8,11-12H,6,9-10H2,1-4H3. The molecule has 0 N–H and O–H groups in total. The average molecular weight is 309 g/mol. The van der Waals surface area contributed by atoms with Crippen LogP contribution in [0.2, 0.25) is 0 Å². The van der Waals surface area contributed by atoms with Gasteiger partial charge in [-0.3, -0.25) is 9.79 Å². The summed E-state index contributed by atoms with van der Waals surface area (Å²) in [5.74, 6) is 0.0816. The van der Waals surface area contributed by atoms with Crippen molar-refractivity contribution in [2.24, 2.45) is 4.99 Å². The van der Waals surface area contributed by atoms with E-state index in [4.69, 9.17) is 0 Å². The number of anilines is 1. The van der Waals surface area contributed by atoms with E-state index >= 15 is 0 Å². The largest absolute Gasteiger partial charge is 0.371 e. The molecule has 4 heteroatoms. The highest BCUT2D eigenvalue weighted by molar-refractivity contribution is 6.04. The first-order valence-corrected chi connectivity index (χ1v) is 8.05. The third-order valence-electron chi connectivity index (χ3n) is 4.61. The third kappa shape index (κ3) is 2.58. The van der Waals surface area contributed by atoms with Crippen LogP contribution in [0.15, 0.2) is 29.3 Å². The number of hydrogen-bond donors (Lipinski definition) is 0. The average Bonchev–Trinajstić information content (AvgIpc) is 2.69. The van der Waals surface area contributed by atoms with Crippen molar-refractivity contribution >= 4 is 17.7 Å². The molecule has 0 unspecified atom stereocenters. The molecule has 2 heterocycles. The van der Waals surface area contributed by atoms with Crippen LogP contribution in [0.1, 0.15) is 40.7 Å². The molecule has 120 valence electrons. The number of carbonyl (C=O) groups is 1. The van der Waals surface area contributed by atoms with Crippen LogP contribution in [-0.4, -0.2) is 36.7 Å². The van der Waals surface area contributed by atoms with Gasteiger partial charge in [0.25, 0.3) is 0 Å². The molecule has 0 aliphatic carbocycles. The molecule has 0 spiro atoms. The van der Waals surface area contributed by atoms with Crippen molar-refractivity contribution in [2.45, 2.75) is 27.2 Å². The topological polar surface area (TPSA) is 37.6 Å². The van der Waals surface area contributed by atoms with Crippen molar-refractivity contribution in [1.82, 2.24) is 4.57 Å². The maximum Gasteiger partial charge on any atom is 0.162 e. The molecule has 23 heavy (non-hydrogen) atoms. The summed E-state index contributed by atoms with van der Waals surface area (Å²) in [5.41, 5.74) is 6.07. The van der Waals surface area contributed by atoms with E-state index in [9.17, 15) is 4.79 Å². The number of nitrogens with zero attached hydrogens (tertiary/aromatic N) is 3. The summed E-state index contributed by atoms with van der Waals surface area (Å²) in [6.45, 7) is 7.93. The predicted octanol–water partition coefficient (Wildman–Crippen LogP) is 3.56. The van der Waals surface area contributed by atoms with Gasteiger partial charge in [0.15, 0.2) is 5.78 Å². The molecule has 2 aromatic rings. The van der Waals surface area contributed by atoms with E-state index in [0.717, 1.165) is 41.3 Å². The van der Waals surface area contributed by atoms with Gasteiger partial charge < -0.3 is 9.47 Å². The van der Waals surface area contributed by atoms with Crippen molar-refractivity contribution < 1.29 is 4.79 Å². The molecule has 1 aromatic heterocycles. The molecule has 1 aliphatic rings. The number of benzene rings is 1. The zero-order valence-corrected chi connectivity index (χ0v) is 14.3. The fourth-order valence-corrected chi connectivity index (χ4v) is 3.38. The van der Waals surface area contributed by atoms with Gasteiger partial charge in [0.05, 0.1) is 0 Å². The van der Waals surface area contributed by atoms with E-state index in [1.165, 1.54) is 12.1 Å². The molecule has 3 rings (SSSR count). The molecule has 0 amide bonds. The van der Waals surface area contributed by atoms with Gasteiger partial charge in [-0.05, 0) is 45.4 Å². The Labute approximate surface area is 137 Å². The predicted molar refractivity (Wildman–Crippen MR) is 95.6 cm³/mol. The second kappa shape index (κ2) is 6.03. The Morgan fingerprint density at radius 3 is 2.43 bits per heavy atom. The molecule has 0 bridgehead atoms. The molecular formula is C19H23N3O. The summed E-state index contributed by atoms with van der Waals surface area (Å²) in [6.07, 6.45) is 3.05. The summed E-state index contributed by atoms with van der Waals surface area (Å²) < 4.78 is 2.16. The fraction of sp³-hybridized carbons (Fsp3) is 0.368. The lowest BCUT2D eigenvalue weighted by Gasteiger charge is -2.33. The molecule has 0 atom stereocenters. The normalized spacial score (nSPS) is 14.3. The van der Waals surface area contributed by atoms with Crippen molar-refractivity contribution in [3.05, 3.63) is 46.8 Å². The van der Waals surface area contributed by atoms with Gasteiger partial charge in [0.1, 0.15) is 0 Å². The van der Waals surface area contributed by atoms with Crippen LogP contribution < -0.4 is 4.90 Å².